The Labute approximate surface area is 160 Å². The predicted molar refractivity (Wildman–Crippen MR) is 85.8 cm³/mol. The van der Waals surface area contributed by atoms with Gasteiger partial charge in [0.15, 0.2) is 0 Å². The second-order valence-corrected chi connectivity index (χ2v) is 4.76. The van der Waals surface area contributed by atoms with Gasteiger partial charge in [-0.25, -0.2) is 0 Å². The zero-order valence-corrected chi connectivity index (χ0v) is 17.5. The minimum Gasteiger partial charge on any atom is -1.00 e. The summed E-state index contributed by atoms with van der Waals surface area (Å²) < 4.78 is 0. The zero-order valence-electron chi connectivity index (χ0n) is 14.3. The third-order valence-electron chi connectivity index (χ3n) is 2.68. The van der Waals surface area contributed by atoms with Crippen LogP contribution >= 0.6 is 0 Å². The normalized spacial score (nSPS) is 9.00. The number of halogens is 1. The number of hydrogen-bond donors (Lipinski definition) is 0. The fraction of sp³-hybridized carbons (Fsp3) is 1.00. The molecule has 0 heterocycles. The van der Waals surface area contributed by atoms with Gasteiger partial charge in [-0.1, -0.05) is 79.1 Å². The molecule has 0 aromatic carbocycles. The Balaban J connectivity index is -0.000000116. The Morgan fingerprint density at radius 3 is 0.850 bits per heavy atom. The molecule has 0 fully saturated rings. The summed E-state index contributed by atoms with van der Waals surface area (Å²) in [6, 6.07) is 0. The van der Waals surface area contributed by atoms with Gasteiger partial charge in [0.05, 0.1) is 0 Å². The molecule has 4 heteroatoms. The fourth-order valence-electron chi connectivity index (χ4n) is 1.30. The first-order valence-electron chi connectivity index (χ1n) is 8.09. The van der Waals surface area contributed by atoms with Crippen molar-refractivity contribution in [2.75, 3.05) is 26.2 Å². The number of nitrogens with zero attached hydrogens (tertiary/aromatic N) is 2. The molecule has 0 atom stereocenters. The molecule has 0 unspecified atom stereocenters. The standard InChI is InChI=1S/2C8H18N.FH.Nd/c2*1-3-5-7-9-8-6-4-2;;/h2*3-8H2,1-2H3;1H;/q2*-1;;+3/p-1. The van der Waals surface area contributed by atoms with Crippen molar-refractivity contribution in [1.82, 2.24) is 0 Å². The summed E-state index contributed by atoms with van der Waals surface area (Å²) in [5, 5.41) is 8.70. The van der Waals surface area contributed by atoms with Gasteiger partial charge in [-0.15, -0.1) is 26.2 Å². The van der Waals surface area contributed by atoms with Gasteiger partial charge in [-0.05, 0) is 0 Å². The smallest absolute Gasteiger partial charge is 1.00 e. The minimum atomic E-state index is 0. The van der Waals surface area contributed by atoms with Crippen LogP contribution in [-0.4, -0.2) is 26.2 Å². The van der Waals surface area contributed by atoms with Crippen molar-refractivity contribution in [3.8, 4) is 0 Å². The first-order valence-corrected chi connectivity index (χ1v) is 8.09. The monoisotopic (exact) mass is 417 g/mol. The molecule has 0 N–H and O–H groups in total. The van der Waals surface area contributed by atoms with Crippen molar-refractivity contribution >= 4 is 0 Å². The number of hydrogen-bond acceptors (Lipinski definition) is 0. The van der Waals surface area contributed by atoms with E-state index in [0.29, 0.717) is 0 Å². The van der Waals surface area contributed by atoms with Crippen LogP contribution in [-0.2, 0) is 0 Å². The van der Waals surface area contributed by atoms with Crippen LogP contribution in [0.1, 0.15) is 79.1 Å². The molecule has 121 valence electrons. The summed E-state index contributed by atoms with van der Waals surface area (Å²) >= 11 is 0. The first kappa shape index (κ1) is 29.2. The van der Waals surface area contributed by atoms with Crippen LogP contribution in [0, 0.1) is 40.8 Å². The molecule has 0 bridgehead atoms. The second-order valence-electron chi connectivity index (χ2n) is 4.76. The average Bonchev–Trinajstić information content (AvgIpc) is 2.39. The summed E-state index contributed by atoms with van der Waals surface area (Å²) in [4.78, 5) is 0. The van der Waals surface area contributed by atoms with E-state index < -0.39 is 0 Å². The minimum absolute atomic E-state index is 0. The van der Waals surface area contributed by atoms with Gasteiger partial charge in [0.1, 0.15) is 0 Å². The predicted octanol–water partition coefficient (Wildman–Crippen LogP) is 2.92. The molecular formula is C16H36FN2Nd. The third-order valence-corrected chi connectivity index (χ3v) is 2.68. The van der Waals surface area contributed by atoms with Gasteiger partial charge in [0.25, 0.3) is 0 Å². The molecule has 20 heavy (non-hydrogen) atoms. The molecule has 0 spiro atoms. The Bertz CT molecular complexity index is 101. The van der Waals surface area contributed by atoms with E-state index in [4.69, 9.17) is 0 Å². The molecular weight excluding hydrogens is 383 g/mol. The summed E-state index contributed by atoms with van der Waals surface area (Å²) in [5.74, 6) is 0. The molecule has 2 nitrogen and oxygen atoms in total. The van der Waals surface area contributed by atoms with Gasteiger partial charge in [-0.3, -0.25) is 0 Å². The summed E-state index contributed by atoms with van der Waals surface area (Å²) in [6.45, 7) is 13.1. The molecule has 0 aliphatic heterocycles. The topological polar surface area (TPSA) is 28.2 Å². The van der Waals surface area contributed by atoms with Crippen LogP contribution in [0.25, 0.3) is 10.6 Å². The molecule has 0 aliphatic carbocycles. The maximum atomic E-state index is 4.35. The van der Waals surface area contributed by atoms with E-state index in [0.717, 1.165) is 26.2 Å². The molecule has 0 rings (SSSR count). The van der Waals surface area contributed by atoms with Gasteiger partial charge >= 0.3 is 40.8 Å². The largest absolute Gasteiger partial charge is 3.00 e. The van der Waals surface area contributed by atoms with Gasteiger partial charge in [0, 0.05) is 0 Å². The van der Waals surface area contributed by atoms with Crippen LogP contribution < -0.4 is 4.70 Å². The molecule has 0 saturated carbocycles. The molecule has 1 radical (unpaired) electrons. The third kappa shape index (κ3) is 36.5. The maximum absolute atomic E-state index is 4.35. The summed E-state index contributed by atoms with van der Waals surface area (Å²) in [7, 11) is 0. The van der Waals surface area contributed by atoms with E-state index in [2.05, 4.69) is 38.3 Å². The van der Waals surface area contributed by atoms with E-state index in [9.17, 15) is 0 Å². The van der Waals surface area contributed by atoms with E-state index in [1.807, 2.05) is 0 Å². The van der Waals surface area contributed by atoms with E-state index in [1.165, 1.54) is 51.4 Å². The van der Waals surface area contributed by atoms with Crippen LogP contribution in [0.2, 0.25) is 0 Å². The SMILES string of the molecule is CCCC[N-]CCCC.CCCC[N-]CCCC.[F-].[Nd+3]. The van der Waals surface area contributed by atoms with Crippen molar-refractivity contribution in [3.05, 3.63) is 10.6 Å². The molecule has 0 aromatic heterocycles. The Hall–Kier alpha value is 1.20. The summed E-state index contributed by atoms with van der Waals surface area (Å²) in [5.41, 5.74) is 0. The van der Waals surface area contributed by atoms with Crippen LogP contribution in [0.3, 0.4) is 0 Å². The molecule has 0 saturated heterocycles. The van der Waals surface area contributed by atoms with Crippen LogP contribution in [0.5, 0.6) is 0 Å². The molecule has 0 aromatic rings. The van der Waals surface area contributed by atoms with Crippen molar-refractivity contribution < 1.29 is 45.5 Å². The molecule has 0 amide bonds. The van der Waals surface area contributed by atoms with E-state index >= 15 is 0 Å². The fourth-order valence-corrected chi connectivity index (χ4v) is 1.30. The number of unbranched alkanes of at least 4 members (excludes halogenated alkanes) is 4. The van der Waals surface area contributed by atoms with Crippen LogP contribution in [0.15, 0.2) is 0 Å². The Morgan fingerprint density at radius 2 is 0.700 bits per heavy atom. The second kappa shape index (κ2) is 32.2. The average molecular weight is 420 g/mol. The van der Waals surface area contributed by atoms with Crippen LogP contribution in [0.4, 0.5) is 0 Å². The van der Waals surface area contributed by atoms with Gasteiger partial charge in [0.2, 0.25) is 0 Å². The van der Waals surface area contributed by atoms with Gasteiger partial charge in [-0.2, -0.15) is 0 Å². The van der Waals surface area contributed by atoms with Crippen molar-refractivity contribution in [2.45, 2.75) is 79.1 Å². The quantitative estimate of drug-likeness (QED) is 0.435. The summed E-state index contributed by atoms with van der Waals surface area (Å²) in [6.07, 6.45) is 10.2. The van der Waals surface area contributed by atoms with Crippen molar-refractivity contribution in [1.29, 1.82) is 0 Å². The number of rotatable bonds is 12. The van der Waals surface area contributed by atoms with E-state index in [1.54, 1.807) is 0 Å². The zero-order chi connectivity index (χ0) is 13.9. The van der Waals surface area contributed by atoms with E-state index in [-0.39, 0.29) is 45.5 Å². The Kier molecular flexibility index (Phi) is 47.1. The molecule has 0 aliphatic rings. The van der Waals surface area contributed by atoms with Crippen molar-refractivity contribution in [3.63, 3.8) is 0 Å². The van der Waals surface area contributed by atoms with Gasteiger partial charge < -0.3 is 15.3 Å². The maximum Gasteiger partial charge on any atom is 3.00 e. The first-order chi connectivity index (χ1) is 8.83. The Morgan fingerprint density at radius 1 is 0.500 bits per heavy atom. The van der Waals surface area contributed by atoms with Crippen molar-refractivity contribution in [2.24, 2.45) is 0 Å².